The lowest BCUT2D eigenvalue weighted by atomic mass is 10.1. The van der Waals surface area contributed by atoms with Crippen LogP contribution in [-0.2, 0) is 0 Å². The predicted molar refractivity (Wildman–Crippen MR) is 77.7 cm³/mol. The van der Waals surface area contributed by atoms with Crippen molar-refractivity contribution in [2.24, 2.45) is 0 Å². The molecule has 0 aliphatic rings. The highest BCUT2D eigenvalue weighted by Crippen LogP contribution is 2.22. The fourth-order valence-corrected chi connectivity index (χ4v) is 2.06. The number of carbonyl (C=O) groups is 1. The quantitative estimate of drug-likeness (QED) is 0.498. The first-order chi connectivity index (χ1) is 9.63. The smallest absolute Gasteiger partial charge is 0.258 e. The van der Waals surface area contributed by atoms with Gasteiger partial charge in [0.25, 0.3) is 5.91 Å². The second kappa shape index (κ2) is 4.82. The third-order valence-electron chi connectivity index (χ3n) is 2.83. The summed E-state index contributed by atoms with van der Waals surface area (Å²) in [6.07, 6.45) is 2.91. The highest BCUT2D eigenvalue weighted by molar-refractivity contribution is 6.29. The zero-order valence-electron chi connectivity index (χ0n) is 10.2. The summed E-state index contributed by atoms with van der Waals surface area (Å²) in [5.41, 5.74) is 7.66. The molecule has 0 spiro atoms. The maximum Gasteiger partial charge on any atom is 0.258 e. The number of hydrogen-bond acceptors (Lipinski definition) is 4. The Morgan fingerprint density at radius 1 is 1.30 bits per heavy atom. The minimum atomic E-state index is -0.295. The number of fused-ring (bicyclic) bond motifs is 1. The van der Waals surface area contributed by atoms with E-state index in [-0.39, 0.29) is 11.1 Å². The number of amides is 1. The van der Waals surface area contributed by atoms with Crippen molar-refractivity contribution < 1.29 is 4.79 Å². The van der Waals surface area contributed by atoms with Gasteiger partial charge in [0.15, 0.2) is 0 Å². The SMILES string of the molecule is Nc1ccc2[nH]cc(C(=O)Nc3cc(Cl)ncn3)c2c1. The van der Waals surface area contributed by atoms with Crippen LogP contribution in [0.15, 0.2) is 36.8 Å². The molecule has 2 heterocycles. The van der Waals surface area contributed by atoms with Crippen molar-refractivity contribution in [2.45, 2.75) is 0 Å². The molecule has 4 N–H and O–H groups in total. The van der Waals surface area contributed by atoms with Crippen LogP contribution >= 0.6 is 11.6 Å². The maximum atomic E-state index is 12.2. The monoisotopic (exact) mass is 287 g/mol. The number of nitrogen functional groups attached to an aromatic ring is 1. The van der Waals surface area contributed by atoms with E-state index in [1.54, 1.807) is 18.3 Å². The summed E-state index contributed by atoms with van der Waals surface area (Å²) in [5.74, 6) is 0.0462. The van der Waals surface area contributed by atoms with E-state index in [9.17, 15) is 4.79 Å². The van der Waals surface area contributed by atoms with E-state index in [0.29, 0.717) is 17.1 Å². The van der Waals surface area contributed by atoms with Gasteiger partial charge in [0.05, 0.1) is 5.56 Å². The summed E-state index contributed by atoms with van der Waals surface area (Å²) in [6, 6.07) is 6.81. The largest absolute Gasteiger partial charge is 0.399 e. The molecule has 0 atom stereocenters. The van der Waals surface area contributed by atoms with Gasteiger partial charge in [-0.05, 0) is 18.2 Å². The number of rotatable bonds is 2. The van der Waals surface area contributed by atoms with Crippen molar-refractivity contribution in [3.8, 4) is 0 Å². The Kier molecular flexibility index (Phi) is 3.00. The Hall–Kier alpha value is -2.60. The number of H-pyrrole nitrogens is 1. The molecule has 6 nitrogen and oxygen atoms in total. The Bertz CT molecular complexity index is 798. The van der Waals surface area contributed by atoms with E-state index in [0.717, 1.165) is 10.9 Å². The number of benzene rings is 1. The highest BCUT2D eigenvalue weighted by Gasteiger charge is 2.13. The fourth-order valence-electron chi connectivity index (χ4n) is 1.91. The Morgan fingerprint density at radius 2 is 2.15 bits per heavy atom. The first-order valence-corrected chi connectivity index (χ1v) is 6.17. The van der Waals surface area contributed by atoms with Gasteiger partial charge in [-0.3, -0.25) is 4.79 Å². The van der Waals surface area contributed by atoms with Gasteiger partial charge in [-0.15, -0.1) is 0 Å². The first kappa shape index (κ1) is 12.4. The van der Waals surface area contributed by atoms with Gasteiger partial charge in [-0.2, -0.15) is 0 Å². The third-order valence-corrected chi connectivity index (χ3v) is 3.03. The maximum absolute atomic E-state index is 12.2. The van der Waals surface area contributed by atoms with Crippen LogP contribution in [0.4, 0.5) is 11.5 Å². The van der Waals surface area contributed by atoms with Crippen LogP contribution in [0.3, 0.4) is 0 Å². The van der Waals surface area contributed by atoms with Gasteiger partial charge in [0.2, 0.25) is 0 Å². The van der Waals surface area contributed by atoms with Crippen molar-refractivity contribution in [1.29, 1.82) is 0 Å². The number of nitrogens with two attached hydrogens (primary N) is 1. The molecule has 0 aliphatic heterocycles. The molecule has 0 saturated heterocycles. The van der Waals surface area contributed by atoms with E-state index in [2.05, 4.69) is 20.3 Å². The molecule has 1 amide bonds. The van der Waals surface area contributed by atoms with Crippen LogP contribution in [0.5, 0.6) is 0 Å². The summed E-state index contributed by atoms with van der Waals surface area (Å²) in [7, 11) is 0. The second-order valence-corrected chi connectivity index (χ2v) is 4.57. The van der Waals surface area contributed by atoms with Crippen molar-refractivity contribution in [1.82, 2.24) is 15.0 Å². The van der Waals surface area contributed by atoms with E-state index in [1.807, 2.05) is 6.07 Å². The van der Waals surface area contributed by atoms with Crippen LogP contribution in [-0.4, -0.2) is 20.9 Å². The van der Waals surface area contributed by atoms with Crippen LogP contribution in [0.1, 0.15) is 10.4 Å². The highest BCUT2D eigenvalue weighted by atomic mass is 35.5. The number of aromatic amines is 1. The molecule has 7 heteroatoms. The van der Waals surface area contributed by atoms with Crippen LogP contribution < -0.4 is 11.1 Å². The van der Waals surface area contributed by atoms with E-state index in [1.165, 1.54) is 12.4 Å². The summed E-state index contributed by atoms with van der Waals surface area (Å²) in [6.45, 7) is 0. The topological polar surface area (TPSA) is 96.7 Å². The summed E-state index contributed by atoms with van der Waals surface area (Å²) >= 11 is 5.74. The van der Waals surface area contributed by atoms with Gasteiger partial charge in [0, 0.05) is 28.9 Å². The molecule has 2 aromatic heterocycles. The van der Waals surface area contributed by atoms with E-state index >= 15 is 0 Å². The molecule has 0 saturated carbocycles. The van der Waals surface area contributed by atoms with Crippen LogP contribution in [0.25, 0.3) is 10.9 Å². The molecule has 0 bridgehead atoms. The van der Waals surface area contributed by atoms with E-state index < -0.39 is 0 Å². The Labute approximate surface area is 119 Å². The van der Waals surface area contributed by atoms with Gasteiger partial charge >= 0.3 is 0 Å². The number of carbonyl (C=O) groups excluding carboxylic acids is 1. The minimum absolute atomic E-state index is 0.262. The standard InChI is InChI=1S/C13H10ClN5O/c14-11-4-12(18-6-17-11)19-13(20)9-5-16-10-2-1-7(15)3-8(9)10/h1-6,16H,15H2,(H,17,18,19,20). The fraction of sp³-hybridized carbons (Fsp3) is 0. The van der Waals surface area contributed by atoms with Gasteiger partial charge < -0.3 is 16.0 Å². The molecule has 3 aromatic rings. The Balaban J connectivity index is 1.94. The Morgan fingerprint density at radius 3 is 2.95 bits per heavy atom. The molecule has 100 valence electrons. The van der Waals surface area contributed by atoms with Crippen LogP contribution in [0, 0.1) is 0 Å². The summed E-state index contributed by atoms with van der Waals surface area (Å²) < 4.78 is 0. The number of nitrogens with one attached hydrogen (secondary N) is 2. The number of halogens is 1. The van der Waals surface area contributed by atoms with Gasteiger partial charge in [-0.25, -0.2) is 9.97 Å². The second-order valence-electron chi connectivity index (χ2n) is 4.19. The lowest BCUT2D eigenvalue weighted by Crippen LogP contribution is -2.12. The number of anilines is 2. The average Bonchev–Trinajstić information content (AvgIpc) is 2.81. The van der Waals surface area contributed by atoms with Crippen molar-refractivity contribution in [3.63, 3.8) is 0 Å². The molecular formula is C13H10ClN5O. The van der Waals surface area contributed by atoms with Gasteiger partial charge in [0.1, 0.15) is 17.3 Å². The average molecular weight is 288 g/mol. The molecule has 20 heavy (non-hydrogen) atoms. The number of aromatic nitrogens is 3. The normalized spacial score (nSPS) is 10.7. The molecule has 0 aliphatic carbocycles. The molecule has 0 radical (unpaired) electrons. The lowest BCUT2D eigenvalue weighted by Gasteiger charge is -2.03. The van der Waals surface area contributed by atoms with Crippen molar-refractivity contribution in [3.05, 3.63) is 47.5 Å². The lowest BCUT2D eigenvalue weighted by molar-refractivity contribution is 0.102. The molecular weight excluding hydrogens is 278 g/mol. The molecule has 0 unspecified atom stereocenters. The number of nitrogens with zero attached hydrogens (tertiary/aromatic N) is 2. The molecule has 1 aromatic carbocycles. The van der Waals surface area contributed by atoms with Crippen molar-refractivity contribution >= 4 is 39.9 Å². The summed E-state index contributed by atoms with van der Waals surface area (Å²) in [5, 5.41) is 3.68. The zero-order chi connectivity index (χ0) is 14.1. The minimum Gasteiger partial charge on any atom is -0.399 e. The van der Waals surface area contributed by atoms with Crippen molar-refractivity contribution in [2.75, 3.05) is 11.1 Å². The molecule has 3 rings (SSSR count). The predicted octanol–water partition coefficient (Wildman–Crippen LogP) is 2.45. The summed E-state index contributed by atoms with van der Waals surface area (Å²) in [4.78, 5) is 22.9. The van der Waals surface area contributed by atoms with Gasteiger partial charge in [-0.1, -0.05) is 11.6 Å². The van der Waals surface area contributed by atoms with E-state index in [4.69, 9.17) is 17.3 Å². The number of hydrogen-bond donors (Lipinski definition) is 3. The first-order valence-electron chi connectivity index (χ1n) is 5.79. The third kappa shape index (κ3) is 2.28. The molecule has 0 fully saturated rings. The zero-order valence-corrected chi connectivity index (χ0v) is 11.0. The van der Waals surface area contributed by atoms with Crippen LogP contribution in [0.2, 0.25) is 5.15 Å².